The first-order valence-electron chi connectivity index (χ1n) is 20.5. The number of hydrogen-bond donors (Lipinski definition) is 13. The highest BCUT2D eigenvalue weighted by Crippen LogP contribution is 2.25. The van der Waals surface area contributed by atoms with Gasteiger partial charge in [0.2, 0.25) is 6.41 Å². The topological polar surface area (TPSA) is 335 Å². The molecule has 22 heteroatoms. The van der Waals surface area contributed by atoms with Crippen molar-refractivity contribution < 1.29 is 65.2 Å². The van der Waals surface area contributed by atoms with Gasteiger partial charge >= 0.3 is 0 Å². The number of piperidine rings is 1. The molecule has 0 unspecified atom stereocenters. The molecule has 8 atom stereocenters. The summed E-state index contributed by atoms with van der Waals surface area (Å²) in [5, 5.41) is 104. The smallest absolute Gasteiger partial charge is 0.277 e. The molecule has 3 aromatic heterocycles. The lowest BCUT2D eigenvalue weighted by molar-refractivity contribution is -0.676. The van der Waals surface area contributed by atoms with Crippen molar-refractivity contribution >= 4 is 46.2 Å². The maximum Gasteiger partial charge on any atom is 0.277 e. The van der Waals surface area contributed by atoms with Crippen molar-refractivity contribution in [3.63, 3.8) is 0 Å². The van der Waals surface area contributed by atoms with Crippen LogP contribution in [0.25, 0.3) is 22.2 Å². The minimum atomic E-state index is -1.88. The molecule has 1 aliphatic rings. The fourth-order valence-electron chi connectivity index (χ4n) is 7.94. The third-order valence-corrected chi connectivity index (χ3v) is 11.5. The number of imidazole rings is 1. The van der Waals surface area contributed by atoms with Crippen LogP contribution in [0.4, 0.5) is 11.6 Å². The quantitative estimate of drug-likeness (QED) is 0.0246. The number of benzene rings is 1. The summed E-state index contributed by atoms with van der Waals surface area (Å²) in [4.78, 5) is 42.8. The van der Waals surface area contributed by atoms with Gasteiger partial charge in [-0.05, 0) is 58.0 Å². The summed E-state index contributed by atoms with van der Waals surface area (Å²) in [5.41, 5.74) is 9.41. The van der Waals surface area contributed by atoms with Crippen molar-refractivity contribution in [1.29, 1.82) is 0 Å². The van der Waals surface area contributed by atoms with Gasteiger partial charge in [0.25, 0.3) is 11.7 Å². The van der Waals surface area contributed by atoms with E-state index in [4.69, 9.17) is 5.73 Å². The van der Waals surface area contributed by atoms with E-state index < -0.39 is 62.0 Å². The van der Waals surface area contributed by atoms with Gasteiger partial charge in [-0.3, -0.25) is 19.4 Å². The fraction of sp³-hybridized carbons (Fsp3) is 0.615. The summed E-state index contributed by atoms with van der Waals surface area (Å²) in [7, 11) is 0. The number of hydrogen-bond acceptors (Lipinski definition) is 17. The second-order valence-electron chi connectivity index (χ2n) is 15.4. The standard InChI is InChI=1S/C39H60N10O12/c1-3-48-25-6-5-22(15-26(25)49(4-2)31(48)18-47(21-52)38-36(40)44-37-24(43-38)7-10-41-37)39(61)42-11-14-45-12-8-23(9-13-45)46(16-27(53)32(57)34(59)29(55)19-50)17-28(54)33(58)35(60)30(56)20-51/h5-7,10,15,21,23,27-30,32-35,50-51,53-60H,3-4,8-9,11-14,16-20H2,1-2H3,(H3-,40,41,42,43,44,61)/p+1/t27-,28-,29+,30+,32+,33+,34+,35+/m0/s1. The van der Waals surface area contributed by atoms with E-state index in [0.29, 0.717) is 75.2 Å². The Kier molecular flexibility index (Phi) is 16.8. The molecular formula is C39H61N10O12+. The number of amides is 2. The fourth-order valence-corrected chi connectivity index (χ4v) is 7.94. The van der Waals surface area contributed by atoms with E-state index in [2.05, 4.69) is 29.7 Å². The molecule has 61 heavy (non-hydrogen) atoms. The average Bonchev–Trinajstić information content (AvgIpc) is 3.86. The van der Waals surface area contributed by atoms with E-state index in [-0.39, 0.29) is 43.2 Å². The Morgan fingerprint density at radius 2 is 1.54 bits per heavy atom. The number of aryl methyl sites for hydroxylation is 2. The van der Waals surface area contributed by atoms with E-state index in [9.17, 15) is 60.7 Å². The first-order valence-corrected chi connectivity index (χ1v) is 20.5. The Hall–Kier alpha value is -4.43. The number of rotatable bonds is 23. The molecule has 1 aliphatic heterocycles. The second kappa shape index (κ2) is 21.6. The van der Waals surface area contributed by atoms with Gasteiger partial charge in [-0.2, -0.15) is 0 Å². The molecule has 0 bridgehead atoms. The minimum Gasteiger partial charge on any atom is -0.394 e. The summed E-state index contributed by atoms with van der Waals surface area (Å²) >= 11 is 0. The number of aliphatic hydroxyl groups excluding tert-OH is 10. The van der Waals surface area contributed by atoms with Crippen molar-refractivity contribution in [3.05, 3.63) is 41.9 Å². The van der Waals surface area contributed by atoms with Crippen LogP contribution >= 0.6 is 0 Å². The molecular weight excluding hydrogens is 800 g/mol. The molecule has 1 fully saturated rings. The molecule has 0 saturated carbocycles. The van der Waals surface area contributed by atoms with Crippen molar-refractivity contribution in [2.75, 3.05) is 63.1 Å². The van der Waals surface area contributed by atoms with E-state index in [1.54, 1.807) is 23.2 Å². The lowest BCUT2D eigenvalue weighted by Crippen LogP contribution is -2.56. The van der Waals surface area contributed by atoms with Crippen LogP contribution in [0.15, 0.2) is 30.5 Å². The van der Waals surface area contributed by atoms with E-state index in [1.807, 2.05) is 30.5 Å². The molecule has 1 aromatic carbocycles. The van der Waals surface area contributed by atoms with Crippen LogP contribution in [-0.2, 0) is 24.4 Å². The number of nitrogens with one attached hydrogen (secondary N) is 2. The van der Waals surface area contributed by atoms with Crippen molar-refractivity contribution in [3.8, 4) is 0 Å². The Morgan fingerprint density at radius 1 is 0.934 bits per heavy atom. The third kappa shape index (κ3) is 11.0. The molecule has 4 heterocycles. The van der Waals surface area contributed by atoms with Crippen LogP contribution in [0.2, 0.25) is 0 Å². The minimum absolute atomic E-state index is 0.103. The maximum atomic E-state index is 13.5. The Morgan fingerprint density at radius 3 is 2.10 bits per heavy atom. The third-order valence-electron chi connectivity index (χ3n) is 11.5. The maximum absolute atomic E-state index is 13.5. The highest BCUT2D eigenvalue weighted by atomic mass is 16.4. The summed E-state index contributed by atoms with van der Waals surface area (Å²) < 4.78 is 4.11. The zero-order valence-electron chi connectivity index (χ0n) is 34.3. The summed E-state index contributed by atoms with van der Waals surface area (Å²) in [5.74, 6) is 0.854. The first-order chi connectivity index (χ1) is 29.2. The van der Waals surface area contributed by atoms with Gasteiger partial charge in [-0.25, -0.2) is 19.1 Å². The van der Waals surface area contributed by atoms with Crippen LogP contribution in [0.1, 0.15) is 42.9 Å². The molecule has 5 rings (SSSR count). The molecule has 4 aromatic rings. The number of anilines is 2. The van der Waals surface area contributed by atoms with Crippen LogP contribution in [0.3, 0.4) is 0 Å². The van der Waals surface area contributed by atoms with Crippen LogP contribution < -0.4 is 20.5 Å². The van der Waals surface area contributed by atoms with Crippen LogP contribution in [0.5, 0.6) is 0 Å². The number of aromatic amines is 1. The molecule has 0 aliphatic carbocycles. The van der Waals surface area contributed by atoms with Gasteiger partial charge in [-0.1, -0.05) is 0 Å². The van der Waals surface area contributed by atoms with Gasteiger partial charge in [0.1, 0.15) is 48.7 Å². The molecule has 338 valence electrons. The summed E-state index contributed by atoms with van der Waals surface area (Å²) in [6, 6.07) is 6.85. The normalized spacial score (nSPS) is 18.2. The molecule has 2 amide bonds. The number of fused-ring (bicyclic) bond motifs is 2. The number of aromatic nitrogens is 5. The second-order valence-corrected chi connectivity index (χ2v) is 15.4. The molecule has 0 radical (unpaired) electrons. The predicted octanol–water partition coefficient (Wildman–Crippen LogP) is -4.65. The van der Waals surface area contributed by atoms with Gasteiger partial charge < -0.3 is 72.0 Å². The molecule has 22 nitrogen and oxygen atoms in total. The highest BCUT2D eigenvalue weighted by molar-refractivity contribution is 5.97. The Bertz CT molecular complexity index is 2010. The van der Waals surface area contributed by atoms with Crippen molar-refractivity contribution in [1.82, 2.24) is 34.6 Å². The number of nitrogens with zero attached hydrogens (tertiary/aromatic N) is 7. The van der Waals surface area contributed by atoms with E-state index >= 15 is 0 Å². The Balaban J connectivity index is 1.22. The number of carbonyl (C=O) groups excluding carboxylic acids is 2. The highest BCUT2D eigenvalue weighted by Gasteiger charge is 2.37. The number of H-pyrrole nitrogens is 1. The van der Waals surface area contributed by atoms with Crippen LogP contribution in [-0.4, -0.2) is 200 Å². The average molecular weight is 862 g/mol. The molecule has 1 saturated heterocycles. The van der Waals surface area contributed by atoms with Gasteiger partial charge in [-0.15, -0.1) is 0 Å². The van der Waals surface area contributed by atoms with Crippen LogP contribution in [0, 0.1) is 0 Å². The number of aliphatic hydroxyl groups is 10. The largest absolute Gasteiger partial charge is 0.394 e. The van der Waals surface area contributed by atoms with E-state index in [1.165, 1.54) is 4.90 Å². The Labute approximate surface area is 351 Å². The zero-order chi connectivity index (χ0) is 44.5. The monoisotopic (exact) mass is 861 g/mol. The van der Waals surface area contributed by atoms with Crippen molar-refractivity contribution in [2.24, 2.45) is 0 Å². The van der Waals surface area contributed by atoms with Gasteiger partial charge in [0.15, 0.2) is 28.3 Å². The number of nitrogens with two attached hydrogens (primary N) is 1. The first kappa shape index (κ1) is 47.6. The number of nitrogen functional groups attached to an aromatic ring is 1. The van der Waals surface area contributed by atoms with Crippen molar-refractivity contribution in [2.45, 2.75) is 101 Å². The van der Waals surface area contributed by atoms with Gasteiger partial charge in [0.05, 0.1) is 38.5 Å². The zero-order valence-corrected chi connectivity index (χ0v) is 34.3. The summed E-state index contributed by atoms with van der Waals surface area (Å²) in [6.45, 7) is 4.69. The number of carbonyl (C=O) groups is 2. The molecule has 14 N–H and O–H groups in total. The number of likely N-dealkylation sites (tertiary alicyclic amines) is 1. The van der Waals surface area contributed by atoms with Gasteiger partial charge in [0, 0.05) is 50.0 Å². The lowest BCUT2D eigenvalue weighted by atomic mass is 9.97. The molecule has 0 spiro atoms. The lowest BCUT2D eigenvalue weighted by Gasteiger charge is -2.41. The van der Waals surface area contributed by atoms with E-state index in [0.717, 1.165) is 16.9 Å². The predicted molar refractivity (Wildman–Crippen MR) is 220 cm³/mol. The SMILES string of the molecule is CCn1c(CN(C=O)c2nc3cc[nH]c3nc2N)[n+](CC)c2ccc(C(=O)NCCN3CCC(N(C[C@H](O)[C@@H](O)[C@H](O)[C@H](O)CO)C[C@H](O)[C@@H](O)[C@H](O)[C@H](O)CO)CC3)cc21. The summed E-state index contributed by atoms with van der Waals surface area (Å²) in [6.07, 6.45) is -11.0.